The first-order valence-corrected chi connectivity index (χ1v) is 2.96. The summed E-state index contributed by atoms with van der Waals surface area (Å²) in [6, 6.07) is 0. The van der Waals surface area contributed by atoms with Gasteiger partial charge in [0, 0.05) is 0 Å². The molecule has 0 radical (unpaired) electrons. The number of nitrogens with one attached hydrogen (secondary N) is 2. The fourth-order valence-electron chi connectivity index (χ4n) is 0.860. The third kappa shape index (κ3) is 1.28. The summed E-state index contributed by atoms with van der Waals surface area (Å²) < 4.78 is 0. The maximum Gasteiger partial charge on any atom is 2.00 e. The zero-order valence-corrected chi connectivity index (χ0v) is 7.58. The van der Waals surface area contributed by atoms with E-state index >= 15 is 0 Å². The van der Waals surface area contributed by atoms with Crippen LogP contribution in [0.25, 0.3) is 11.2 Å². The molecule has 6 nitrogen and oxygen atoms in total. The van der Waals surface area contributed by atoms with E-state index in [1.54, 1.807) is 0 Å². The minimum absolute atomic E-state index is 0. The second-order valence-corrected chi connectivity index (χ2v) is 2.05. The Bertz CT molecular complexity index is 455. The van der Waals surface area contributed by atoms with Gasteiger partial charge in [0.25, 0.3) is 5.56 Å². The number of rotatable bonds is 0. The van der Waals surface area contributed by atoms with E-state index in [9.17, 15) is 4.79 Å². The van der Waals surface area contributed by atoms with Gasteiger partial charge >= 0.3 is 23.1 Å². The van der Waals surface area contributed by atoms with Crippen molar-refractivity contribution in [2.75, 3.05) is 5.73 Å². The Morgan fingerprint density at radius 1 is 1.58 bits per heavy atom. The number of aromatic amines is 2. The first-order chi connectivity index (χ1) is 5.27. The van der Waals surface area contributed by atoms with Crippen LogP contribution in [-0.4, -0.2) is 43.0 Å². The number of nitrogens with zero attached hydrogens (tertiary/aromatic N) is 2. The maximum absolute atomic E-state index is 11.0. The van der Waals surface area contributed by atoms with Crippen molar-refractivity contribution in [3.63, 3.8) is 0 Å². The predicted molar refractivity (Wildman–Crippen MR) is 46.9 cm³/mol. The van der Waals surface area contributed by atoms with E-state index in [1.165, 1.54) is 6.33 Å². The predicted octanol–water partition coefficient (Wildman–Crippen LogP) is -0.927. The van der Waals surface area contributed by atoms with Crippen LogP contribution in [0.3, 0.4) is 0 Å². The Balaban J connectivity index is 0. The summed E-state index contributed by atoms with van der Waals surface area (Å²) in [6.07, 6.45) is 1.40. The molecule has 0 bridgehead atoms. The Kier molecular flexibility index (Phi) is 2.34. The SMILES string of the molecule is Nc1nc2nc[nH]c2c(=O)[nH]1.[H-].[H-].[Mg+2]. The average Bonchev–Trinajstić information content (AvgIpc) is 2.34. The molecule has 0 amide bonds. The number of H-pyrrole nitrogens is 2. The molecule has 0 aromatic carbocycles. The molecule has 0 aliphatic carbocycles. The molecule has 4 N–H and O–H groups in total. The molecule has 2 aromatic heterocycles. The minimum Gasteiger partial charge on any atom is -1.00 e. The number of fused-ring (bicyclic) bond motifs is 1. The molecular formula is C5H7MgN5O. The van der Waals surface area contributed by atoms with Crippen molar-refractivity contribution in [3.05, 3.63) is 16.7 Å². The monoisotopic (exact) mass is 177 g/mol. The molecule has 0 saturated carbocycles. The quantitative estimate of drug-likeness (QED) is 0.453. The van der Waals surface area contributed by atoms with Crippen molar-refractivity contribution >= 4 is 40.2 Å². The number of anilines is 1. The maximum atomic E-state index is 11.0. The standard InChI is InChI=1S/C5H5N5O.Mg.2H/c6-5-9-3-2(4(11)10-5)7-1-8-3;;;/h1H,(H4,6,7,8,9,10,11);;;/q;+2;2*-1. The second-order valence-electron chi connectivity index (χ2n) is 2.05. The molecule has 0 spiro atoms. The van der Waals surface area contributed by atoms with E-state index < -0.39 is 0 Å². The Hall–Kier alpha value is -1.08. The van der Waals surface area contributed by atoms with Crippen LogP contribution in [0, 0.1) is 0 Å². The van der Waals surface area contributed by atoms with Gasteiger partial charge in [-0.05, 0) is 0 Å². The van der Waals surface area contributed by atoms with Gasteiger partial charge in [0.05, 0.1) is 6.33 Å². The van der Waals surface area contributed by atoms with Gasteiger partial charge in [0.15, 0.2) is 11.2 Å². The molecule has 0 atom stereocenters. The number of hydrogen-bond donors (Lipinski definition) is 3. The van der Waals surface area contributed by atoms with Gasteiger partial charge in [0.2, 0.25) is 5.95 Å². The van der Waals surface area contributed by atoms with Crippen molar-refractivity contribution < 1.29 is 2.85 Å². The van der Waals surface area contributed by atoms with Crippen molar-refractivity contribution in [1.82, 2.24) is 19.9 Å². The third-order valence-corrected chi connectivity index (χ3v) is 1.31. The molecule has 0 aliphatic heterocycles. The van der Waals surface area contributed by atoms with E-state index in [1.807, 2.05) is 0 Å². The van der Waals surface area contributed by atoms with E-state index in [4.69, 9.17) is 5.73 Å². The zero-order chi connectivity index (χ0) is 7.84. The average molecular weight is 177 g/mol. The summed E-state index contributed by atoms with van der Waals surface area (Å²) in [5.41, 5.74) is 5.65. The van der Waals surface area contributed by atoms with Crippen LogP contribution in [0.1, 0.15) is 2.85 Å². The third-order valence-electron chi connectivity index (χ3n) is 1.31. The van der Waals surface area contributed by atoms with Crippen LogP contribution >= 0.6 is 0 Å². The topological polar surface area (TPSA) is 100 Å². The van der Waals surface area contributed by atoms with E-state index in [0.717, 1.165) is 0 Å². The summed E-state index contributed by atoms with van der Waals surface area (Å²) >= 11 is 0. The molecule has 2 heterocycles. The van der Waals surface area contributed by atoms with E-state index in [2.05, 4.69) is 19.9 Å². The number of hydrogen-bond acceptors (Lipinski definition) is 4. The molecular weight excluding hydrogens is 170 g/mol. The smallest absolute Gasteiger partial charge is 1.00 e. The summed E-state index contributed by atoms with van der Waals surface area (Å²) in [4.78, 5) is 23.5. The number of imidazole rings is 1. The van der Waals surface area contributed by atoms with Crippen LogP contribution < -0.4 is 11.3 Å². The van der Waals surface area contributed by atoms with Crippen molar-refractivity contribution in [1.29, 1.82) is 0 Å². The molecule has 0 fully saturated rings. The van der Waals surface area contributed by atoms with Crippen molar-refractivity contribution in [2.45, 2.75) is 0 Å². The summed E-state index contributed by atoms with van der Waals surface area (Å²) in [5.74, 6) is 0.0783. The Morgan fingerprint density at radius 2 is 2.33 bits per heavy atom. The molecule has 2 rings (SSSR count). The molecule has 60 valence electrons. The molecule has 7 heteroatoms. The van der Waals surface area contributed by atoms with Crippen LogP contribution in [0.2, 0.25) is 0 Å². The molecule has 0 aliphatic rings. The molecule has 2 aromatic rings. The number of nitrogen functional groups attached to an aromatic ring is 1. The summed E-state index contributed by atoms with van der Waals surface area (Å²) in [6.45, 7) is 0. The number of nitrogens with two attached hydrogens (primary N) is 1. The normalized spacial score (nSPS) is 9.67. The van der Waals surface area contributed by atoms with Crippen LogP contribution in [-0.2, 0) is 0 Å². The Morgan fingerprint density at radius 3 is 3.08 bits per heavy atom. The van der Waals surface area contributed by atoms with Crippen molar-refractivity contribution in [2.24, 2.45) is 0 Å². The first-order valence-electron chi connectivity index (χ1n) is 2.96. The first kappa shape index (κ1) is 9.01. The minimum atomic E-state index is -0.301. The van der Waals surface area contributed by atoms with Crippen LogP contribution in [0.15, 0.2) is 11.1 Å². The van der Waals surface area contributed by atoms with Gasteiger partial charge in [-0.1, -0.05) is 0 Å². The largest absolute Gasteiger partial charge is 2.00 e. The van der Waals surface area contributed by atoms with Gasteiger partial charge in [0.1, 0.15) is 0 Å². The molecule has 12 heavy (non-hydrogen) atoms. The number of aromatic nitrogens is 4. The fraction of sp³-hybridized carbons (Fsp3) is 0. The van der Waals surface area contributed by atoms with Crippen molar-refractivity contribution in [3.8, 4) is 0 Å². The second kappa shape index (κ2) is 3.11. The molecule has 0 saturated heterocycles. The summed E-state index contributed by atoms with van der Waals surface area (Å²) in [5, 5.41) is 0. The Labute approximate surface area is 85.7 Å². The van der Waals surface area contributed by atoms with Gasteiger partial charge in [-0.2, -0.15) is 4.98 Å². The fourth-order valence-corrected chi connectivity index (χ4v) is 0.860. The van der Waals surface area contributed by atoms with Crippen LogP contribution in [0.5, 0.6) is 0 Å². The van der Waals surface area contributed by atoms with E-state index in [-0.39, 0.29) is 37.4 Å². The van der Waals surface area contributed by atoms with Gasteiger partial charge in [-0.25, -0.2) is 4.98 Å². The van der Waals surface area contributed by atoms with Gasteiger partial charge in [-0.3, -0.25) is 9.78 Å². The van der Waals surface area contributed by atoms with Gasteiger partial charge < -0.3 is 13.6 Å². The molecule has 0 unspecified atom stereocenters. The van der Waals surface area contributed by atoms with E-state index in [0.29, 0.717) is 11.2 Å². The zero-order valence-electron chi connectivity index (χ0n) is 8.16. The van der Waals surface area contributed by atoms with Gasteiger partial charge in [-0.15, -0.1) is 0 Å². The summed E-state index contributed by atoms with van der Waals surface area (Å²) in [7, 11) is 0. The van der Waals surface area contributed by atoms with Crippen LogP contribution in [0.4, 0.5) is 5.95 Å².